The summed E-state index contributed by atoms with van der Waals surface area (Å²) in [5, 5.41) is 5.82. The predicted molar refractivity (Wildman–Crippen MR) is 92.6 cm³/mol. The zero-order valence-electron chi connectivity index (χ0n) is 13.5. The lowest BCUT2D eigenvalue weighted by Gasteiger charge is -2.16. The topological polar surface area (TPSA) is 49.8 Å². The third-order valence-corrected chi connectivity index (χ3v) is 4.39. The Bertz CT molecular complexity index is 719. The van der Waals surface area contributed by atoms with Gasteiger partial charge in [0.25, 0.3) is 0 Å². The standard InChI is InChI=1S/C16H18BrF3N4/c1-4-9(2)21-15-23-13(16(18,19)20)8-14(24-15)22-12-7-5-6-11(17)10(12)3/h5-9H,4H2,1-3H3,(H2,21,22,23,24)/t9-/m1/s1. The number of halogens is 4. The van der Waals surface area contributed by atoms with Crippen molar-refractivity contribution in [2.45, 2.75) is 39.4 Å². The van der Waals surface area contributed by atoms with Crippen molar-refractivity contribution in [3.05, 3.63) is 40.0 Å². The van der Waals surface area contributed by atoms with E-state index in [9.17, 15) is 13.2 Å². The molecule has 2 aromatic rings. The van der Waals surface area contributed by atoms with E-state index in [1.165, 1.54) is 0 Å². The largest absolute Gasteiger partial charge is 0.433 e. The second-order valence-electron chi connectivity index (χ2n) is 5.45. The molecule has 0 unspecified atom stereocenters. The summed E-state index contributed by atoms with van der Waals surface area (Å²) in [7, 11) is 0. The number of rotatable bonds is 5. The van der Waals surface area contributed by atoms with Crippen LogP contribution in [0.4, 0.5) is 30.6 Å². The second kappa shape index (κ2) is 7.38. The highest BCUT2D eigenvalue weighted by Crippen LogP contribution is 2.32. The summed E-state index contributed by atoms with van der Waals surface area (Å²) in [6.45, 7) is 5.64. The van der Waals surface area contributed by atoms with Crippen LogP contribution in [0.25, 0.3) is 0 Å². The van der Waals surface area contributed by atoms with Crippen LogP contribution in [0, 0.1) is 6.92 Å². The highest BCUT2D eigenvalue weighted by molar-refractivity contribution is 9.10. The molecule has 0 bridgehead atoms. The Morgan fingerprint density at radius 1 is 1.25 bits per heavy atom. The molecule has 0 aliphatic heterocycles. The van der Waals surface area contributed by atoms with Crippen molar-refractivity contribution in [1.82, 2.24) is 9.97 Å². The first-order valence-corrected chi connectivity index (χ1v) is 8.25. The molecule has 0 spiro atoms. The summed E-state index contributed by atoms with van der Waals surface area (Å²) < 4.78 is 40.1. The molecule has 4 nitrogen and oxygen atoms in total. The molecule has 2 rings (SSSR count). The van der Waals surface area contributed by atoms with Crippen molar-refractivity contribution in [3.8, 4) is 0 Å². The van der Waals surface area contributed by atoms with E-state index in [4.69, 9.17) is 0 Å². The number of aromatic nitrogens is 2. The van der Waals surface area contributed by atoms with Crippen molar-refractivity contribution >= 4 is 33.4 Å². The fourth-order valence-electron chi connectivity index (χ4n) is 1.92. The lowest BCUT2D eigenvalue weighted by molar-refractivity contribution is -0.141. The smallest absolute Gasteiger partial charge is 0.352 e. The number of anilines is 3. The van der Waals surface area contributed by atoms with Crippen molar-refractivity contribution in [2.24, 2.45) is 0 Å². The molecule has 0 radical (unpaired) electrons. The van der Waals surface area contributed by atoms with Gasteiger partial charge >= 0.3 is 6.18 Å². The third-order valence-electron chi connectivity index (χ3n) is 3.53. The number of hydrogen-bond acceptors (Lipinski definition) is 4. The van der Waals surface area contributed by atoms with Crippen LogP contribution >= 0.6 is 15.9 Å². The minimum Gasteiger partial charge on any atom is -0.352 e. The summed E-state index contributed by atoms with van der Waals surface area (Å²) in [6.07, 6.45) is -3.80. The number of alkyl halides is 3. The summed E-state index contributed by atoms with van der Waals surface area (Å²) in [6, 6.07) is 6.30. The van der Waals surface area contributed by atoms with Gasteiger partial charge in [-0.1, -0.05) is 28.9 Å². The molecule has 0 aliphatic rings. The first kappa shape index (κ1) is 18.5. The van der Waals surface area contributed by atoms with E-state index >= 15 is 0 Å². The zero-order chi connectivity index (χ0) is 17.9. The number of nitrogens with one attached hydrogen (secondary N) is 2. The van der Waals surface area contributed by atoms with Gasteiger partial charge in [0, 0.05) is 22.3 Å². The first-order valence-electron chi connectivity index (χ1n) is 7.45. The minimum atomic E-state index is -4.54. The lowest BCUT2D eigenvalue weighted by Crippen LogP contribution is -2.18. The summed E-state index contributed by atoms with van der Waals surface area (Å²) in [5.74, 6) is 0.0404. The van der Waals surface area contributed by atoms with E-state index in [1.807, 2.05) is 26.8 Å². The SMILES string of the molecule is CC[C@@H](C)Nc1nc(Nc2cccc(Br)c2C)cc(C(F)(F)F)n1. The molecule has 1 atom stereocenters. The molecular formula is C16H18BrF3N4. The van der Waals surface area contributed by atoms with Crippen LogP contribution in [0.2, 0.25) is 0 Å². The Morgan fingerprint density at radius 3 is 2.58 bits per heavy atom. The molecule has 8 heteroatoms. The number of hydrogen-bond donors (Lipinski definition) is 2. The Hall–Kier alpha value is -1.83. The summed E-state index contributed by atoms with van der Waals surface area (Å²) in [5.41, 5.74) is 0.560. The molecule has 130 valence electrons. The Balaban J connectivity index is 2.41. The van der Waals surface area contributed by atoms with E-state index in [1.54, 1.807) is 12.1 Å². The fraction of sp³-hybridized carbons (Fsp3) is 0.375. The maximum atomic E-state index is 13.1. The van der Waals surface area contributed by atoms with Crippen LogP contribution in [-0.2, 0) is 6.18 Å². The monoisotopic (exact) mass is 402 g/mol. The Labute approximate surface area is 147 Å². The molecule has 1 aromatic carbocycles. The van der Waals surface area contributed by atoms with Crippen LogP contribution in [-0.4, -0.2) is 16.0 Å². The van der Waals surface area contributed by atoms with Gasteiger partial charge in [-0.15, -0.1) is 0 Å². The van der Waals surface area contributed by atoms with Gasteiger partial charge in [-0.05, 0) is 38.0 Å². The van der Waals surface area contributed by atoms with Crippen LogP contribution in [0.3, 0.4) is 0 Å². The van der Waals surface area contributed by atoms with Crippen LogP contribution in [0.15, 0.2) is 28.7 Å². The maximum Gasteiger partial charge on any atom is 0.433 e. The van der Waals surface area contributed by atoms with Crippen molar-refractivity contribution in [1.29, 1.82) is 0 Å². The summed E-state index contributed by atoms with van der Waals surface area (Å²) >= 11 is 3.40. The van der Waals surface area contributed by atoms with Gasteiger partial charge in [0.05, 0.1) is 0 Å². The average molecular weight is 403 g/mol. The van der Waals surface area contributed by atoms with E-state index in [0.29, 0.717) is 5.69 Å². The second-order valence-corrected chi connectivity index (χ2v) is 6.31. The van der Waals surface area contributed by atoms with Gasteiger partial charge in [-0.2, -0.15) is 18.2 Å². The molecule has 2 N–H and O–H groups in total. The normalized spacial score (nSPS) is 12.8. The predicted octanol–water partition coefficient (Wildman–Crippen LogP) is 5.52. The van der Waals surface area contributed by atoms with Crippen molar-refractivity contribution in [2.75, 3.05) is 10.6 Å². The minimum absolute atomic E-state index is 0.0334. The first-order chi connectivity index (χ1) is 11.2. The van der Waals surface area contributed by atoms with Crippen LogP contribution < -0.4 is 10.6 Å². The molecule has 0 saturated heterocycles. The molecule has 0 fully saturated rings. The molecule has 1 aromatic heterocycles. The van der Waals surface area contributed by atoms with Gasteiger partial charge in [-0.3, -0.25) is 0 Å². The van der Waals surface area contributed by atoms with Crippen LogP contribution in [0.1, 0.15) is 31.5 Å². The van der Waals surface area contributed by atoms with E-state index in [2.05, 4.69) is 36.5 Å². The van der Waals surface area contributed by atoms with Gasteiger partial charge in [0.2, 0.25) is 5.95 Å². The molecule has 0 amide bonds. The molecular weight excluding hydrogens is 385 g/mol. The lowest BCUT2D eigenvalue weighted by atomic mass is 10.2. The molecule has 0 aliphatic carbocycles. The van der Waals surface area contributed by atoms with Gasteiger partial charge in [0.15, 0.2) is 5.69 Å². The zero-order valence-corrected chi connectivity index (χ0v) is 15.1. The van der Waals surface area contributed by atoms with Gasteiger partial charge < -0.3 is 10.6 Å². The highest BCUT2D eigenvalue weighted by atomic mass is 79.9. The third kappa shape index (κ3) is 4.59. The van der Waals surface area contributed by atoms with Gasteiger partial charge in [-0.25, -0.2) is 4.98 Å². The highest BCUT2D eigenvalue weighted by Gasteiger charge is 2.34. The van der Waals surface area contributed by atoms with E-state index in [-0.39, 0.29) is 17.8 Å². The van der Waals surface area contributed by atoms with Gasteiger partial charge in [0.1, 0.15) is 5.82 Å². The Morgan fingerprint density at radius 2 is 1.96 bits per heavy atom. The van der Waals surface area contributed by atoms with Crippen molar-refractivity contribution < 1.29 is 13.2 Å². The Kier molecular flexibility index (Phi) is 5.69. The van der Waals surface area contributed by atoms with Crippen LogP contribution in [0.5, 0.6) is 0 Å². The van der Waals surface area contributed by atoms with E-state index in [0.717, 1.165) is 22.5 Å². The fourth-order valence-corrected chi connectivity index (χ4v) is 2.29. The molecule has 1 heterocycles. The van der Waals surface area contributed by atoms with Crippen molar-refractivity contribution in [3.63, 3.8) is 0 Å². The summed E-state index contributed by atoms with van der Waals surface area (Å²) in [4.78, 5) is 7.73. The quantitative estimate of drug-likeness (QED) is 0.690. The number of benzene rings is 1. The number of nitrogens with zero attached hydrogens (tertiary/aromatic N) is 2. The molecule has 0 saturated carbocycles. The molecule has 24 heavy (non-hydrogen) atoms. The average Bonchev–Trinajstić information content (AvgIpc) is 2.50. The van der Waals surface area contributed by atoms with E-state index < -0.39 is 11.9 Å². The maximum absolute atomic E-state index is 13.1.